The van der Waals surface area contributed by atoms with Crippen molar-refractivity contribution in [3.05, 3.63) is 65.7 Å². The first-order chi connectivity index (χ1) is 13.2. The molecule has 0 spiro atoms. The predicted molar refractivity (Wildman–Crippen MR) is 101 cm³/mol. The van der Waals surface area contributed by atoms with E-state index < -0.39 is 0 Å². The van der Waals surface area contributed by atoms with E-state index in [-0.39, 0.29) is 17.9 Å². The number of halogens is 1. The molecule has 6 heteroatoms. The maximum absolute atomic E-state index is 13.0. The van der Waals surface area contributed by atoms with Crippen LogP contribution in [0.25, 0.3) is 11.0 Å². The van der Waals surface area contributed by atoms with Crippen LogP contribution in [0.2, 0.25) is 0 Å². The molecule has 2 aliphatic rings. The minimum absolute atomic E-state index is 0.0760. The first kappa shape index (κ1) is 16.3. The minimum atomic E-state index is -0.269. The zero-order valence-corrected chi connectivity index (χ0v) is 14.9. The Kier molecular flexibility index (Phi) is 3.85. The molecule has 2 heterocycles. The van der Waals surface area contributed by atoms with Gasteiger partial charge in [-0.05, 0) is 42.7 Å². The minimum Gasteiger partial charge on any atom is -0.334 e. The monoisotopic (exact) mass is 364 g/mol. The number of rotatable bonds is 4. The van der Waals surface area contributed by atoms with Crippen LogP contribution in [0, 0.1) is 5.82 Å². The second-order valence-electron chi connectivity index (χ2n) is 7.45. The normalized spacial score (nSPS) is 17.1. The third-order valence-electron chi connectivity index (χ3n) is 5.44. The Hall–Kier alpha value is -2.89. The van der Waals surface area contributed by atoms with Crippen LogP contribution in [-0.4, -0.2) is 33.6 Å². The van der Waals surface area contributed by atoms with Crippen LogP contribution in [-0.2, 0) is 6.54 Å². The van der Waals surface area contributed by atoms with Gasteiger partial charge in [0.2, 0.25) is 0 Å². The molecule has 2 amide bonds. The fraction of sp³-hybridized carbons (Fsp3) is 0.333. The topological polar surface area (TPSA) is 50.2 Å². The van der Waals surface area contributed by atoms with Gasteiger partial charge in [-0.15, -0.1) is 0 Å². The highest BCUT2D eigenvalue weighted by Gasteiger charge is 2.37. The van der Waals surface area contributed by atoms with Crippen LogP contribution in [0.5, 0.6) is 0 Å². The molecule has 1 aliphatic heterocycles. The Morgan fingerprint density at radius 3 is 2.59 bits per heavy atom. The van der Waals surface area contributed by atoms with Crippen LogP contribution < -0.4 is 5.32 Å². The van der Waals surface area contributed by atoms with Crippen molar-refractivity contribution in [3.8, 4) is 0 Å². The molecule has 0 bridgehead atoms. The molecule has 1 saturated heterocycles. The number of para-hydroxylation sites is 2. The van der Waals surface area contributed by atoms with Gasteiger partial charge in [0.15, 0.2) is 0 Å². The average Bonchev–Trinajstić information content (AvgIpc) is 3.42. The van der Waals surface area contributed by atoms with Crippen molar-refractivity contribution in [2.75, 3.05) is 13.1 Å². The summed E-state index contributed by atoms with van der Waals surface area (Å²) in [4.78, 5) is 19.1. The van der Waals surface area contributed by atoms with E-state index in [4.69, 9.17) is 4.98 Å². The molecule has 1 saturated carbocycles. The second-order valence-corrected chi connectivity index (χ2v) is 7.45. The van der Waals surface area contributed by atoms with Crippen LogP contribution >= 0.6 is 0 Å². The molecule has 5 nitrogen and oxygen atoms in total. The highest BCUT2D eigenvalue weighted by Crippen LogP contribution is 2.42. The zero-order valence-electron chi connectivity index (χ0n) is 14.9. The van der Waals surface area contributed by atoms with Crippen molar-refractivity contribution >= 4 is 17.1 Å². The zero-order chi connectivity index (χ0) is 18.4. The van der Waals surface area contributed by atoms with E-state index in [1.165, 1.54) is 30.8 Å². The summed E-state index contributed by atoms with van der Waals surface area (Å²) >= 11 is 0. The number of carbonyl (C=O) groups is 1. The van der Waals surface area contributed by atoms with Crippen LogP contribution in [0.3, 0.4) is 0 Å². The lowest BCUT2D eigenvalue weighted by Gasteiger charge is -2.40. The Morgan fingerprint density at radius 2 is 1.85 bits per heavy atom. The average molecular weight is 364 g/mol. The molecule has 1 aromatic heterocycles. The van der Waals surface area contributed by atoms with Gasteiger partial charge in [0.05, 0.1) is 17.1 Å². The highest BCUT2D eigenvalue weighted by molar-refractivity contribution is 5.78. The van der Waals surface area contributed by atoms with E-state index in [1.54, 1.807) is 12.1 Å². The summed E-state index contributed by atoms with van der Waals surface area (Å²) in [6, 6.07) is 14.6. The van der Waals surface area contributed by atoms with E-state index in [0.717, 1.165) is 16.6 Å². The van der Waals surface area contributed by atoms with Crippen LogP contribution in [0.1, 0.15) is 36.2 Å². The van der Waals surface area contributed by atoms with Gasteiger partial charge in [0.25, 0.3) is 0 Å². The Morgan fingerprint density at radius 1 is 1.11 bits per heavy atom. The third-order valence-corrected chi connectivity index (χ3v) is 5.44. The molecule has 0 radical (unpaired) electrons. The Balaban J connectivity index is 1.25. The maximum Gasteiger partial charge on any atom is 0.317 e. The van der Waals surface area contributed by atoms with E-state index in [0.29, 0.717) is 25.6 Å². The lowest BCUT2D eigenvalue weighted by molar-refractivity contribution is 0.125. The van der Waals surface area contributed by atoms with Crippen molar-refractivity contribution in [2.24, 2.45) is 0 Å². The summed E-state index contributed by atoms with van der Waals surface area (Å²) in [5, 5.41) is 2.91. The number of amides is 2. The molecule has 2 aromatic carbocycles. The van der Waals surface area contributed by atoms with Crippen molar-refractivity contribution in [1.82, 2.24) is 19.8 Å². The van der Waals surface area contributed by atoms with E-state index in [9.17, 15) is 9.18 Å². The number of benzene rings is 2. The molecule has 2 fully saturated rings. The standard InChI is InChI=1S/C21H21FN4O/c22-16-9-5-14(6-10-16)11-23-21(27)25-12-17(13-25)26-19-4-2-1-3-18(19)24-20(26)15-7-8-15/h1-6,9-10,15,17H,7-8,11-13H2,(H,23,27). The molecular weight excluding hydrogens is 343 g/mol. The molecule has 1 N–H and O–H groups in total. The lowest BCUT2D eigenvalue weighted by atomic mass is 10.1. The van der Waals surface area contributed by atoms with Gasteiger partial charge in [-0.3, -0.25) is 0 Å². The van der Waals surface area contributed by atoms with Gasteiger partial charge in [-0.25, -0.2) is 14.2 Å². The number of urea groups is 1. The van der Waals surface area contributed by atoms with Crippen LogP contribution in [0.15, 0.2) is 48.5 Å². The summed E-state index contributed by atoms with van der Waals surface area (Å²) in [6.07, 6.45) is 2.41. The third kappa shape index (κ3) is 3.05. The lowest BCUT2D eigenvalue weighted by Crippen LogP contribution is -2.54. The number of nitrogens with one attached hydrogen (secondary N) is 1. The maximum atomic E-state index is 13.0. The van der Waals surface area contributed by atoms with Gasteiger partial charge >= 0.3 is 6.03 Å². The van der Waals surface area contributed by atoms with Gasteiger partial charge in [0.1, 0.15) is 11.6 Å². The summed E-state index contributed by atoms with van der Waals surface area (Å²) < 4.78 is 15.3. The molecule has 3 aromatic rings. The summed E-state index contributed by atoms with van der Waals surface area (Å²) in [6.45, 7) is 1.78. The molecule has 27 heavy (non-hydrogen) atoms. The second kappa shape index (κ2) is 6.37. The smallest absolute Gasteiger partial charge is 0.317 e. The van der Waals surface area contributed by atoms with Crippen molar-refractivity contribution in [3.63, 3.8) is 0 Å². The fourth-order valence-electron chi connectivity index (χ4n) is 3.75. The number of carbonyl (C=O) groups excluding carboxylic acids is 1. The number of imidazole rings is 1. The van der Waals surface area contributed by atoms with Crippen molar-refractivity contribution < 1.29 is 9.18 Å². The number of hydrogen-bond donors (Lipinski definition) is 1. The van der Waals surface area contributed by atoms with Crippen molar-refractivity contribution in [1.29, 1.82) is 0 Å². The SMILES string of the molecule is O=C(NCc1ccc(F)cc1)N1CC(n2c(C3CC3)nc3ccccc32)C1. The molecule has 0 unspecified atom stereocenters. The Labute approximate surface area is 156 Å². The highest BCUT2D eigenvalue weighted by atomic mass is 19.1. The molecule has 138 valence electrons. The Bertz CT molecular complexity index is 987. The first-order valence-electron chi connectivity index (χ1n) is 9.43. The number of fused-ring (bicyclic) bond motifs is 1. The van der Waals surface area contributed by atoms with Crippen LogP contribution in [0.4, 0.5) is 9.18 Å². The van der Waals surface area contributed by atoms with Gasteiger partial charge in [0, 0.05) is 25.6 Å². The number of likely N-dealkylation sites (tertiary alicyclic amines) is 1. The molecule has 0 atom stereocenters. The van der Waals surface area contributed by atoms with E-state index >= 15 is 0 Å². The fourth-order valence-corrected chi connectivity index (χ4v) is 3.75. The van der Waals surface area contributed by atoms with E-state index in [2.05, 4.69) is 22.0 Å². The summed E-state index contributed by atoms with van der Waals surface area (Å²) in [7, 11) is 0. The van der Waals surface area contributed by atoms with Gasteiger partial charge < -0.3 is 14.8 Å². The van der Waals surface area contributed by atoms with Gasteiger partial charge in [-0.2, -0.15) is 0 Å². The molecule has 1 aliphatic carbocycles. The number of hydrogen-bond acceptors (Lipinski definition) is 2. The predicted octanol–water partition coefficient (Wildman–Crippen LogP) is 3.82. The largest absolute Gasteiger partial charge is 0.334 e. The summed E-state index contributed by atoms with van der Waals surface area (Å²) in [5.74, 6) is 1.47. The first-order valence-corrected chi connectivity index (χ1v) is 9.43. The summed E-state index contributed by atoms with van der Waals surface area (Å²) in [5.41, 5.74) is 3.09. The number of aromatic nitrogens is 2. The van der Waals surface area contributed by atoms with Gasteiger partial charge in [-0.1, -0.05) is 24.3 Å². The number of nitrogens with zero attached hydrogens (tertiary/aromatic N) is 3. The molecule has 5 rings (SSSR count). The molecular formula is C21H21FN4O. The van der Waals surface area contributed by atoms with Crippen molar-refractivity contribution in [2.45, 2.75) is 31.3 Å². The van der Waals surface area contributed by atoms with E-state index in [1.807, 2.05) is 17.0 Å². The quantitative estimate of drug-likeness (QED) is 0.765.